The summed E-state index contributed by atoms with van der Waals surface area (Å²) in [6.45, 7) is 0. The fourth-order valence-electron chi connectivity index (χ4n) is 11.0. The van der Waals surface area contributed by atoms with Gasteiger partial charge in [-0.25, -0.2) is 0 Å². The standard InChI is InChI=1S/C38H23NO.C26H17N/c1-3-13-28-24(9-1)19-21-33-36(28)37-29-14-4-2-10-25(29)20-22-34(37)39(33)27-12-7-11-26(23-27)30-16-8-17-32-31-15-5-6-18-35(31)40-38(30)32;1-2-10-20(11-3-1)27-24-17-15-18-8-4-6-12-21(18)25(24)23-16-14-19-9-5-7-13-22(19)26(23)27/h1-23H;1-17H. The molecule has 0 saturated carbocycles. The summed E-state index contributed by atoms with van der Waals surface area (Å²) < 4.78 is 11.2. The molecule has 0 bridgehead atoms. The topological polar surface area (TPSA) is 23.0 Å². The number of fused-ring (bicyclic) bond motifs is 17. The Morgan fingerprint density at radius 2 is 0.761 bits per heavy atom. The Morgan fingerprint density at radius 3 is 1.42 bits per heavy atom. The molecular formula is C64H40N2O. The number of rotatable bonds is 3. The third-order valence-electron chi connectivity index (χ3n) is 13.9. The minimum atomic E-state index is 0.919. The fraction of sp³-hybridized carbons (Fsp3) is 0. The third kappa shape index (κ3) is 5.71. The molecule has 0 aliphatic rings. The smallest absolute Gasteiger partial charge is 0.143 e. The van der Waals surface area contributed by atoms with Crippen molar-refractivity contribution in [2.45, 2.75) is 0 Å². The molecular weight excluding hydrogens is 813 g/mol. The molecule has 3 heterocycles. The summed E-state index contributed by atoms with van der Waals surface area (Å²) in [5, 5.41) is 17.8. The molecule has 0 atom stereocenters. The quantitative estimate of drug-likeness (QED) is 0.174. The van der Waals surface area contributed by atoms with Crippen molar-refractivity contribution in [3.8, 4) is 22.5 Å². The zero-order chi connectivity index (χ0) is 44.0. The van der Waals surface area contributed by atoms with Crippen molar-refractivity contribution < 1.29 is 4.42 Å². The van der Waals surface area contributed by atoms with Crippen LogP contribution in [0.3, 0.4) is 0 Å². The van der Waals surface area contributed by atoms with Gasteiger partial charge in [0, 0.05) is 54.6 Å². The van der Waals surface area contributed by atoms with E-state index in [1.54, 1.807) is 0 Å². The zero-order valence-corrected chi connectivity index (χ0v) is 36.4. The Hall–Kier alpha value is -8.92. The molecule has 3 aromatic heterocycles. The monoisotopic (exact) mass is 852 g/mol. The number of para-hydroxylation sites is 3. The Morgan fingerprint density at radius 1 is 0.284 bits per heavy atom. The summed E-state index contributed by atoms with van der Waals surface area (Å²) in [6, 6.07) is 87.1. The van der Waals surface area contributed by atoms with E-state index in [1.165, 1.54) is 92.4 Å². The second kappa shape index (κ2) is 14.8. The SMILES string of the molecule is c1cc(-c2cccc3c2oc2ccccc23)cc(-n2c3ccc4ccccc4c3c3c4ccccc4ccc32)c1.c1ccc(-n2c3ccc4ccccc4c3c3ccc4ccccc4c32)cc1. The Labute approximate surface area is 385 Å². The predicted molar refractivity (Wildman–Crippen MR) is 284 cm³/mol. The van der Waals surface area contributed by atoms with E-state index < -0.39 is 0 Å². The number of benzene rings is 12. The lowest BCUT2D eigenvalue weighted by Crippen LogP contribution is -1.94. The maximum Gasteiger partial charge on any atom is 0.143 e. The summed E-state index contributed by atoms with van der Waals surface area (Å²) in [5.41, 5.74) is 11.4. The van der Waals surface area contributed by atoms with Crippen LogP contribution in [0.2, 0.25) is 0 Å². The summed E-state index contributed by atoms with van der Waals surface area (Å²) in [4.78, 5) is 0. The van der Waals surface area contributed by atoms with Crippen LogP contribution in [0.1, 0.15) is 0 Å². The van der Waals surface area contributed by atoms with E-state index in [0.717, 1.165) is 38.8 Å². The second-order valence-corrected chi connectivity index (χ2v) is 17.6. The number of hydrogen-bond acceptors (Lipinski definition) is 1. The summed E-state index contributed by atoms with van der Waals surface area (Å²) in [5.74, 6) is 0. The molecule has 0 radical (unpaired) electrons. The normalized spacial score (nSPS) is 11.9. The number of nitrogens with zero attached hydrogens (tertiary/aromatic N) is 2. The van der Waals surface area contributed by atoms with Gasteiger partial charge in [0.05, 0.1) is 22.1 Å². The van der Waals surface area contributed by atoms with Crippen molar-refractivity contribution in [3.63, 3.8) is 0 Å². The van der Waals surface area contributed by atoms with Gasteiger partial charge in [0.15, 0.2) is 0 Å². The molecule has 67 heavy (non-hydrogen) atoms. The lowest BCUT2D eigenvalue weighted by molar-refractivity contribution is 0.670. The first-order chi connectivity index (χ1) is 33.3. The molecule has 0 spiro atoms. The molecule has 0 aliphatic carbocycles. The van der Waals surface area contributed by atoms with Gasteiger partial charge in [0.25, 0.3) is 0 Å². The van der Waals surface area contributed by atoms with E-state index in [1.807, 2.05) is 12.1 Å². The Kier molecular flexibility index (Phi) is 8.28. The molecule has 3 heteroatoms. The zero-order valence-electron chi connectivity index (χ0n) is 36.4. The lowest BCUT2D eigenvalue weighted by Gasteiger charge is -2.11. The van der Waals surface area contributed by atoms with Gasteiger partial charge in [0.1, 0.15) is 11.2 Å². The van der Waals surface area contributed by atoms with E-state index in [4.69, 9.17) is 4.42 Å². The van der Waals surface area contributed by atoms with Crippen LogP contribution in [0.4, 0.5) is 0 Å². The van der Waals surface area contributed by atoms with Crippen molar-refractivity contribution in [2.24, 2.45) is 0 Å². The van der Waals surface area contributed by atoms with Gasteiger partial charge in [-0.2, -0.15) is 0 Å². The van der Waals surface area contributed by atoms with Crippen LogP contribution in [0, 0.1) is 0 Å². The van der Waals surface area contributed by atoms with Crippen LogP contribution in [0.5, 0.6) is 0 Å². The maximum absolute atomic E-state index is 6.40. The Bertz CT molecular complexity index is 4360. The molecule has 0 N–H and O–H groups in total. The van der Waals surface area contributed by atoms with Crippen LogP contribution < -0.4 is 0 Å². The highest BCUT2D eigenvalue weighted by molar-refractivity contribution is 6.29. The van der Waals surface area contributed by atoms with Crippen LogP contribution in [-0.2, 0) is 0 Å². The van der Waals surface area contributed by atoms with E-state index in [2.05, 4.69) is 240 Å². The molecule has 0 saturated heterocycles. The van der Waals surface area contributed by atoms with Crippen molar-refractivity contribution >= 4 is 109 Å². The fourth-order valence-corrected chi connectivity index (χ4v) is 11.0. The van der Waals surface area contributed by atoms with Crippen molar-refractivity contribution in [1.82, 2.24) is 9.13 Å². The first kappa shape index (κ1) is 37.5. The molecule has 0 amide bonds. The average molecular weight is 853 g/mol. The van der Waals surface area contributed by atoms with E-state index in [9.17, 15) is 0 Å². The van der Waals surface area contributed by atoms with Gasteiger partial charge in [-0.3, -0.25) is 0 Å². The van der Waals surface area contributed by atoms with E-state index >= 15 is 0 Å². The number of hydrogen-bond donors (Lipinski definition) is 0. The Balaban J connectivity index is 0.000000137. The van der Waals surface area contributed by atoms with Gasteiger partial charge in [-0.15, -0.1) is 0 Å². The number of aromatic nitrogens is 2. The molecule has 15 rings (SSSR count). The minimum Gasteiger partial charge on any atom is -0.455 e. The summed E-state index contributed by atoms with van der Waals surface area (Å²) >= 11 is 0. The van der Waals surface area contributed by atoms with Crippen molar-refractivity contribution in [1.29, 1.82) is 0 Å². The highest BCUT2D eigenvalue weighted by Gasteiger charge is 2.20. The van der Waals surface area contributed by atoms with Crippen LogP contribution >= 0.6 is 0 Å². The van der Waals surface area contributed by atoms with Crippen LogP contribution in [0.25, 0.3) is 131 Å². The van der Waals surface area contributed by atoms with Gasteiger partial charge in [-0.05, 0) is 91.8 Å². The van der Waals surface area contributed by atoms with Crippen LogP contribution in [0.15, 0.2) is 247 Å². The summed E-state index contributed by atoms with van der Waals surface area (Å²) in [6.07, 6.45) is 0. The first-order valence-corrected chi connectivity index (χ1v) is 23.0. The maximum atomic E-state index is 6.40. The van der Waals surface area contributed by atoms with Crippen molar-refractivity contribution in [2.75, 3.05) is 0 Å². The molecule has 312 valence electrons. The predicted octanol–water partition coefficient (Wildman–Crippen LogP) is 17.7. The highest BCUT2D eigenvalue weighted by atomic mass is 16.3. The molecule has 3 nitrogen and oxygen atoms in total. The second-order valence-electron chi connectivity index (χ2n) is 17.6. The van der Waals surface area contributed by atoms with Gasteiger partial charge in [0.2, 0.25) is 0 Å². The van der Waals surface area contributed by atoms with E-state index in [-0.39, 0.29) is 0 Å². The molecule has 0 unspecified atom stereocenters. The van der Waals surface area contributed by atoms with Gasteiger partial charge >= 0.3 is 0 Å². The molecule has 12 aromatic carbocycles. The molecule has 0 aliphatic heterocycles. The number of furan rings is 1. The average Bonchev–Trinajstić information content (AvgIpc) is 4.08. The largest absolute Gasteiger partial charge is 0.455 e. The minimum absolute atomic E-state index is 0.919. The van der Waals surface area contributed by atoms with Crippen LogP contribution in [-0.4, -0.2) is 9.13 Å². The van der Waals surface area contributed by atoms with Gasteiger partial charge < -0.3 is 13.6 Å². The highest BCUT2D eigenvalue weighted by Crippen LogP contribution is 2.43. The summed E-state index contributed by atoms with van der Waals surface area (Å²) in [7, 11) is 0. The molecule has 15 aromatic rings. The lowest BCUT2D eigenvalue weighted by atomic mass is 10.00. The first-order valence-electron chi connectivity index (χ1n) is 23.0. The van der Waals surface area contributed by atoms with Crippen molar-refractivity contribution in [3.05, 3.63) is 243 Å². The van der Waals surface area contributed by atoms with Gasteiger partial charge in [-0.1, -0.05) is 194 Å². The molecule has 0 fully saturated rings. The van der Waals surface area contributed by atoms with E-state index in [0.29, 0.717) is 0 Å². The third-order valence-corrected chi connectivity index (χ3v) is 13.9.